The fraction of sp³-hybridized carbons (Fsp3) is 0.375. The van der Waals surface area contributed by atoms with E-state index in [9.17, 15) is 18.0 Å². The zero-order valence-electron chi connectivity index (χ0n) is 16.5. The molecule has 2 aliphatic rings. The van der Waals surface area contributed by atoms with Gasteiger partial charge in [-0.1, -0.05) is 24.3 Å². The maximum atomic E-state index is 13.6. The average Bonchev–Trinajstić information content (AvgIpc) is 3.46. The Bertz CT molecular complexity index is 1120. The van der Waals surface area contributed by atoms with Crippen LogP contribution in [0.3, 0.4) is 0 Å². The third kappa shape index (κ3) is 2.92. The summed E-state index contributed by atoms with van der Waals surface area (Å²) < 4.78 is 46.7. The van der Waals surface area contributed by atoms with Gasteiger partial charge >= 0.3 is 6.18 Å². The monoisotopic (exact) mass is 413 g/mol. The van der Waals surface area contributed by atoms with E-state index in [1.54, 1.807) is 4.57 Å². The molecule has 0 N–H and O–H groups in total. The van der Waals surface area contributed by atoms with Gasteiger partial charge in [-0.2, -0.15) is 13.2 Å². The van der Waals surface area contributed by atoms with Crippen LogP contribution in [0.25, 0.3) is 10.9 Å². The van der Waals surface area contributed by atoms with Crippen LogP contribution < -0.4 is 4.74 Å². The number of fused-ring (bicyclic) bond motifs is 3. The zero-order chi connectivity index (χ0) is 21.0. The van der Waals surface area contributed by atoms with Gasteiger partial charge < -0.3 is 4.74 Å². The summed E-state index contributed by atoms with van der Waals surface area (Å²) in [5.41, 5.74) is 0.854. The van der Waals surface area contributed by atoms with Crippen LogP contribution in [0.5, 0.6) is 5.75 Å². The Morgan fingerprint density at radius 3 is 2.60 bits per heavy atom. The Kier molecular flexibility index (Phi) is 4.42. The molecule has 3 aromatic rings. The number of benzene rings is 2. The number of alkyl halides is 3. The molecule has 156 valence electrons. The molecular formula is C24H22F3NO2. The van der Waals surface area contributed by atoms with Gasteiger partial charge in [0, 0.05) is 17.5 Å². The Hall–Kier alpha value is -2.76. The number of rotatable bonds is 3. The van der Waals surface area contributed by atoms with Crippen molar-refractivity contribution in [1.82, 2.24) is 4.57 Å². The lowest BCUT2D eigenvalue weighted by molar-refractivity contribution is -0.138. The van der Waals surface area contributed by atoms with Gasteiger partial charge in [0.25, 0.3) is 0 Å². The van der Waals surface area contributed by atoms with Crippen LogP contribution in [0, 0.1) is 17.8 Å². The predicted molar refractivity (Wildman–Crippen MR) is 108 cm³/mol. The Labute approximate surface area is 172 Å². The summed E-state index contributed by atoms with van der Waals surface area (Å²) in [5.74, 6) is 0.108. The number of carbonyl (C=O) groups excluding carboxylic acids is 1. The summed E-state index contributed by atoms with van der Waals surface area (Å²) >= 11 is 0. The zero-order valence-corrected chi connectivity index (χ0v) is 16.5. The molecule has 0 aliphatic heterocycles. The summed E-state index contributed by atoms with van der Waals surface area (Å²) in [5, 5.41) is 1.00. The molecule has 2 fully saturated rings. The minimum Gasteiger partial charge on any atom is -0.496 e. The molecule has 2 aromatic carbocycles. The molecule has 6 heteroatoms. The SMILES string of the molecule is COc1cc([C@@H]2[C@H]3CC[C@H](C3)[C@@H]2C(=O)n2ccc3ccccc32)ccc1C(F)(F)F. The molecule has 0 amide bonds. The van der Waals surface area contributed by atoms with Gasteiger partial charge in [-0.3, -0.25) is 9.36 Å². The van der Waals surface area contributed by atoms with Gasteiger partial charge in [-0.05, 0) is 66.8 Å². The van der Waals surface area contributed by atoms with E-state index in [-0.39, 0.29) is 29.4 Å². The van der Waals surface area contributed by atoms with Crippen LogP contribution in [0.15, 0.2) is 54.7 Å². The van der Waals surface area contributed by atoms with Gasteiger partial charge in [0.05, 0.1) is 18.2 Å². The lowest BCUT2D eigenvalue weighted by Crippen LogP contribution is -2.31. The summed E-state index contributed by atoms with van der Waals surface area (Å²) in [4.78, 5) is 13.6. The van der Waals surface area contributed by atoms with Crippen LogP contribution in [-0.2, 0) is 6.18 Å². The number of carbonyl (C=O) groups is 1. The molecule has 2 saturated carbocycles. The Morgan fingerprint density at radius 2 is 1.83 bits per heavy atom. The highest BCUT2D eigenvalue weighted by Crippen LogP contribution is 2.57. The minimum atomic E-state index is -4.47. The van der Waals surface area contributed by atoms with Crippen molar-refractivity contribution in [3.05, 3.63) is 65.9 Å². The third-order valence-electron chi connectivity index (χ3n) is 6.95. The molecule has 5 rings (SSSR count). The first-order valence-corrected chi connectivity index (χ1v) is 10.2. The van der Waals surface area contributed by atoms with Crippen LogP contribution in [0.1, 0.15) is 41.1 Å². The largest absolute Gasteiger partial charge is 0.496 e. The summed E-state index contributed by atoms with van der Waals surface area (Å²) in [6.45, 7) is 0. The Balaban J connectivity index is 1.55. The number of hydrogen-bond acceptors (Lipinski definition) is 2. The first kappa shape index (κ1) is 19.2. The molecule has 0 radical (unpaired) electrons. The topological polar surface area (TPSA) is 31.2 Å². The van der Waals surface area contributed by atoms with E-state index in [1.807, 2.05) is 36.5 Å². The highest BCUT2D eigenvalue weighted by Gasteiger charge is 2.52. The van der Waals surface area contributed by atoms with E-state index in [4.69, 9.17) is 4.74 Å². The molecule has 2 bridgehead atoms. The quantitative estimate of drug-likeness (QED) is 0.517. The van der Waals surface area contributed by atoms with E-state index >= 15 is 0 Å². The first-order chi connectivity index (χ1) is 14.4. The number of para-hydroxylation sites is 1. The van der Waals surface area contributed by atoms with Crippen molar-refractivity contribution in [3.8, 4) is 5.75 Å². The normalized spacial score (nSPS) is 25.7. The second kappa shape index (κ2) is 6.89. The van der Waals surface area contributed by atoms with Gasteiger partial charge in [-0.25, -0.2) is 0 Å². The van der Waals surface area contributed by atoms with Crippen molar-refractivity contribution >= 4 is 16.8 Å². The molecule has 0 saturated heterocycles. The number of ether oxygens (including phenoxy) is 1. The van der Waals surface area contributed by atoms with E-state index in [0.29, 0.717) is 5.92 Å². The highest BCUT2D eigenvalue weighted by molar-refractivity contribution is 5.94. The third-order valence-corrected chi connectivity index (χ3v) is 6.95. The molecule has 1 heterocycles. The van der Waals surface area contributed by atoms with Crippen molar-refractivity contribution in [1.29, 1.82) is 0 Å². The van der Waals surface area contributed by atoms with E-state index in [1.165, 1.54) is 19.2 Å². The van der Waals surface area contributed by atoms with Crippen molar-refractivity contribution < 1.29 is 22.7 Å². The van der Waals surface area contributed by atoms with E-state index in [2.05, 4.69) is 0 Å². The molecule has 0 spiro atoms. The highest BCUT2D eigenvalue weighted by atomic mass is 19.4. The minimum absolute atomic E-state index is 0.0345. The van der Waals surface area contributed by atoms with Crippen molar-refractivity contribution in [2.45, 2.75) is 31.4 Å². The smallest absolute Gasteiger partial charge is 0.419 e. The maximum Gasteiger partial charge on any atom is 0.419 e. The average molecular weight is 413 g/mol. The van der Waals surface area contributed by atoms with E-state index in [0.717, 1.165) is 41.8 Å². The molecule has 0 unspecified atom stereocenters. The summed E-state index contributed by atoms with van der Waals surface area (Å²) in [6.07, 6.45) is 0.286. The lowest BCUT2D eigenvalue weighted by atomic mass is 9.74. The van der Waals surface area contributed by atoms with Crippen LogP contribution >= 0.6 is 0 Å². The fourth-order valence-electron chi connectivity index (χ4n) is 5.71. The number of methoxy groups -OCH3 is 1. The maximum absolute atomic E-state index is 13.6. The number of halogens is 3. The lowest BCUT2D eigenvalue weighted by Gasteiger charge is -2.31. The molecule has 30 heavy (non-hydrogen) atoms. The number of aromatic nitrogens is 1. The number of nitrogens with zero attached hydrogens (tertiary/aromatic N) is 1. The molecule has 1 aromatic heterocycles. The van der Waals surface area contributed by atoms with Crippen LogP contribution in [0.4, 0.5) is 13.2 Å². The molecule has 4 atom stereocenters. The second-order valence-electron chi connectivity index (χ2n) is 8.43. The van der Waals surface area contributed by atoms with Gasteiger partial charge in [0.2, 0.25) is 5.91 Å². The van der Waals surface area contributed by atoms with Crippen LogP contribution in [0.2, 0.25) is 0 Å². The van der Waals surface area contributed by atoms with Gasteiger partial charge in [0.1, 0.15) is 5.75 Å². The number of hydrogen-bond donors (Lipinski definition) is 0. The predicted octanol–water partition coefficient (Wildman–Crippen LogP) is 6.14. The van der Waals surface area contributed by atoms with Crippen molar-refractivity contribution in [3.63, 3.8) is 0 Å². The first-order valence-electron chi connectivity index (χ1n) is 10.2. The molecular weight excluding hydrogens is 391 g/mol. The van der Waals surface area contributed by atoms with Crippen molar-refractivity contribution in [2.24, 2.45) is 17.8 Å². The second-order valence-corrected chi connectivity index (χ2v) is 8.43. The fourth-order valence-corrected chi connectivity index (χ4v) is 5.71. The van der Waals surface area contributed by atoms with Crippen LogP contribution in [-0.4, -0.2) is 17.6 Å². The molecule has 3 nitrogen and oxygen atoms in total. The van der Waals surface area contributed by atoms with Crippen molar-refractivity contribution in [2.75, 3.05) is 7.11 Å². The Morgan fingerprint density at radius 1 is 1.07 bits per heavy atom. The van der Waals surface area contributed by atoms with Gasteiger partial charge in [-0.15, -0.1) is 0 Å². The molecule has 2 aliphatic carbocycles. The van der Waals surface area contributed by atoms with Gasteiger partial charge in [0.15, 0.2) is 0 Å². The van der Waals surface area contributed by atoms with E-state index < -0.39 is 11.7 Å². The summed E-state index contributed by atoms with van der Waals surface area (Å²) in [7, 11) is 1.25. The summed E-state index contributed by atoms with van der Waals surface area (Å²) in [6, 6.07) is 13.8. The standard InChI is InChI=1S/C24H22F3NO2/c1-30-20-13-17(8-9-18(20)24(25,26)27)21-15-6-7-16(12-15)22(21)23(29)28-11-10-14-4-2-3-5-19(14)28/h2-5,8-11,13,15-16,21-22H,6-7,12H2,1H3/t15-,16+,21-,22-/m0/s1.